The number of aryl methyl sites for hydroxylation is 2. The summed E-state index contributed by atoms with van der Waals surface area (Å²) >= 11 is 0. The summed E-state index contributed by atoms with van der Waals surface area (Å²) in [7, 11) is 0. The normalized spacial score (nSPS) is 17.0. The molecule has 1 aliphatic heterocycles. The van der Waals surface area contributed by atoms with Crippen LogP contribution in [0.2, 0.25) is 0 Å². The van der Waals surface area contributed by atoms with E-state index in [0.717, 1.165) is 24.8 Å². The lowest BCUT2D eigenvalue weighted by Gasteiger charge is -2.40. The molecular weight excluding hydrogens is 308 g/mol. The quantitative estimate of drug-likeness (QED) is 0.677. The number of benzene rings is 1. The SMILES string of the molecule is CCC1(CO)CCN(C(=O)c2c(C)cc(C)c([N+](=O)[O-])c2C)CC1. The van der Waals surface area contributed by atoms with E-state index in [4.69, 9.17) is 0 Å². The molecule has 0 aliphatic carbocycles. The molecule has 0 unspecified atom stereocenters. The third kappa shape index (κ3) is 3.15. The summed E-state index contributed by atoms with van der Waals surface area (Å²) in [5.74, 6) is -0.143. The van der Waals surface area contributed by atoms with Crippen molar-refractivity contribution < 1.29 is 14.8 Å². The van der Waals surface area contributed by atoms with Crippen LogP contribution in [-0.4, -0.2) is 40.5 Å². The van der Waals surface area contributed by atoms with Crippen molar-refractivity contribution in [1.82, 2.24) is 4.90 Å². The van der Waals surface area contributed by atoms with Crippen LogP contribution in [0.1, 0.15) is 53.2 Å². The number of nitro groups is 1. The second-order valence-corrected chi connectivity index (χ2v) is 6.92. The standard InChI is InChI=1S/C18H26N2O4/c1-5-18(11-21)6-8-19(9-7-18)17(22)15-12(2)10-13(3)16(14(15)4)20(23)24/h10,21H,5-9,11H2,1-4H3. The molecule has 6 heteroatoms. The molecule has 1 fully saturated rings. The van der Waals surface area contributed by atoms with Crippen LogP contribution in [0.4, 0.5) is 5.69 Å². The number of hydrogen-bond donors (Lipinski definition) is 1. The molecule has 1 aliphatic rings. The Morgan fingerprint density at radius 3 is 2.33 bits per heavy atom. The van der Waals surface area contributed by atoms with Gasteiger partial charge in [0, 0.05) is 30.8 Å². The number of carbonyl (C=O) groups is 1. The smallest absolute Gasteiger partial charge is 0.275 e. The average molecular weight is 334 g/mol. The number of aliphatic hydroxyl groups is 1. The molecule has 2 rings (SSSR count). The minimum atomic E-state index is -0.412. The van der Waals surface area contributed by atoms with Crippen molar-refractivity contribution in [1.29, 1.82) is 0 Å². The molecule has 1 aromatic rings. The molecule has 1 amide bonds. The second-order valence-electron chi connectivity index (χ2n) is 6.92. The first kappa shape index (κ1) is 18.4. The lowest BCUT2D eigenvalue weighted by atomic mass is 9.77. The van der Waals surface area contributed by atoms with Gasteiger partial charge in [0.25, 0.3) is 11.6 Å². The van der Waals surface area contributed by atoms with E-state index in [1.807, 2.05) is 6.92 Å². The predicted octanol–water partition coefficient (Wildman–Crippen LogP) is 3.14. The highest BCUT2D eigenvalue weighted by Gasteiger charge is 2.35. The van der Waals surface area contributed by atoms with E-state index in [1.54, 1.807) is 24.8 Å². The predicted molar refractivity (Wildman–Crippen MR) is 92.3 cm³/mol. The Labute approximate surface area is 142 Å². The number of likely N-dealkylation sites (tertiary alicyclic amines) is 1. The van der Waals surface area contributed by atoms with Crippen LogP contribution < -0.4 is 0 Å². The maximum Gasteiger partial charge on any atom is 0.275 e. The van der Waals surface area contributed by atoms with E-state index >= 15 is 0 Å². The van der Waals surface area contributed by atoms with Gasteiger partial charge in [-0.05, 0) is 57.1 Å². The van der Waals surface area contributed by atoms with Gasteiger partial charge in [-0.25, -0.2) is 0 Å². The summed E-state index contributed by atoms with van der Waals surface area (Å²) in [6.07, 6.45) is 2.41. The molecule has 1 saturated heterocycles. The van der Waals surface area contributed by atoms with E-state index in [0.29, 0.717) is 29.8 Å². The van der Waals surface area contributed by atoms with Gasteiger partial charge in [-0.3, -0.25) is 14.9 Å². The molecular formula is C18H26N2O4. The molecule has 0 spiro atoms. The Morgan fingerprint density at radius 1 is 1.29 bits per heavy atom. The number of aliphatic hydroxyl groups excluding tert-OH is 1. The van der Waals surface area contributed by atoms with Gasteiger partial charge in [-0.15, -0.1) is 0 Å². The third-order valence-corrected chi connectivity index (χ3v) is 5.52. The zero-order chi connectivity index (χ0) is 18.1. The van der Waals surface area contributed by atoms with Gasteiger partial charge < -0.3 is 10.0 Å². The van der Waals surface area contributed by atoms with Gasteiger partial charge in [0.15, 0.2) is 0 Å². The van der Waals surface area contributed by atoms with Gasteiger partial charge in [0.1, 0.15) is 0 Å². The van der Waals surface area contributed by atoms with Crippen molar-refractivity contribution >= 4 is 11.6 Å². The fraction of sp³-hybridized carbons (Fsp3) is 0.611. The minimum Gasteiger partial charge on any atom is -0.396 e. The van der Waals surface area contributed by atoms with E-state index in [2.05, 4.69) is 6.92 Å². The summed E-state index contributed by atoms with van der Waals surface area (Å²) in [6, 6.07) is 1.71. The number of carbonyl (C=O) groups excluding carboxylic acids is 1. The van der Waals surface area contributed by atoms with Crippen molar-refractivity contribution in [2.75, 3.05) is 19.7 Å². The van der Waals surface area contributed by atoms with Crippen LogP contribution in [0.25, 0.3) is 0 Å². The van der Waals surface area contributed by atoms with Gasteiger partial charge in [-0.2, -0.15) is 0 Å². The summed E-state index contributed by atoms with van der Waals surface area (Å²) in [5.41, 5.74) is 2.17. The highest BCUT2D eigenvalue weighted by molar-refractivity contribution is 5.98. The lowest BCUT2D eigenvalue weighted by molar-refractivity contribution is -0.386. The molecule has 132 valence electrons. The van der Waals surface area contributed by atoms with E-state index in [9.17, 15) is 20.0 Å². The van der Waals surface area contributed by atoms with E-state index < -0.39 is 4.92 Å². The first-order valence-electron chi connectivity index (χ1n) is 8.41. The van der Waals surface area contributed by atoms with Crippen LogP contribution in [0, 0.1) is 36.3 Å². The summed E-state index contributed by atoms with van der Waals surface area (Å²) in [5, 5.41) is 20.9. The fourth-order valence-electron chi connectivity index (χ4n) is 3.75. The maximum atomic E-state index is 13.0. The number of rotatable bonds is 4. The Kier molecular flexibility index (Phi) is 5.28. The first-order valence-corrected chi connectivity index (χ1v) is 8.41. The van der Waals surface area contributed by atoms with Crippen LogP contribution in [0.5, 0.6) is 0 Å². The molecule has 0 bridgehead atoms. The Bertz CT molecular complexity index is 655. The van der Waals surface area contributed by atoms with Crippen molar-refractivity contribution in [3.63, 3.8) is 0 Å². The first-order chi connectivity index (χ1) is 11.3. The number of nitrogens with zero attached hydrogens (tertiary/aromatic N) is 2. The van der Waals surface area contributed by atoms with Gasteiger partial charge in [0.2, 0.25) is 0 Å². The van der Waals surface area contributed by atoms with Crippen LogP contribution in [0.15, 0.2) is 6.07 Å². The average Bonchev–Trinajstić information content (AvgIpc) is 2.53. The molecule has 24 heavy (non-hydrogen) atoms. The number of amides is 1. The maximum absolute atomic E-state index is 13.0. The van der Waals surface area contributed by atoms with Crippen molar-refractivity contribution in [3.05, 3.63) is 38.4 Å². The summed E-state index contributed by atoms with van der Waals surface area (Å²) in [6.45, 7) is 8.53. The molecule has 0 radical (unpaired) electrons. The molecule has 0 atom stereocenters. The Morgan fingerprint density at radius 2 is 1.88 bits per heavy atom. The monoisotopic (exact) mass is 334 g/mol. The number of piperidine rings is 1. The Hall–Kier alpha value is -1.95. The fourth-order valence-corrected chi connectivity index (χ4v) is 3.75. The highest BCUT2D eigenvalue weighted by Crippen LogP contribution is 2.36. The van der Waals surface area contributed by atoms with Crippen molar-refractivity contribution in [3.8, 4) is 0 Å². The number of nitro benzene ring substituents is 1. The largest absolute Gasteiger partial charge is 0.396 e. The number of hydrogen-bond acceptors (Lipinski definition) is 4. The van der Waals surface area contributed by atoms with E-state index in [1.165, 1.54) is 0 Å². The Balaban J connectivity index is 2.32. The van der Waals surface area contributed by atoms with Gasteiger partial charge >= 0.3 is 0 Å². The van der Waals surface area contributed by atoms with Gasteiger partial charge in [-0.1, -0.05) is 6.92 Å². The zero-order valence-electron chi connectivity index (χ0n) is 14.9. The van der Waals surface area contributed by atoms with Gasteiger partial charge in [0.05, 0.1) is 10.5 Å². The molecule has 1 heterocycles. The van der Waals surface area contributed by atoms with E-state index in [-0.39, 0.29) is 23.6 Å². The van der Waals surface area contributed by atoms with Crippen molar-refractivity contribution in [2.45, 2.75) is 47.0 Å². The molecule has 1 N–H and O–H groups in total. The summed E-state index contributed by atoms with van der Waals surface area (Å²) in [4.78, 5) is 25.6. The summed E-state index contributed by atoms with van der Waals surface area (Å²) < 4.78 is 0. The molecule has 0 aromatic heterocycles. The molecule has 0 saturated carbocycles. The lowest BCUT2D eigenvalue weighted by Crippen LogP contribution is -2.44. The topological polar surface area (TPSA) is 83.7 Å². The van der Waals surface area contributed by atoms with Crippen LogP contribution in [-0.2, 0) is 0 Å². The minimum absolute atomic E-state index is 0.0271. The molecule has 1 aromatic carbocycles. The zero-order valence-corrected chi connectivity index (χ0v) is 14.9. The third-order valence-electron chi connectivity index (χ3n) is 5.52. The van der Waals surface area contributed by atoms with Crippen molar-refractivity contribution in [2.24, 2.45) is 5.41 Å². The highest BCUT2D eigenvalue weighted by atomic mass is 16.6. The second kappa shape index (κ2) is 6.89. The molecule has 6 nitrogen and oxygen atoms in total. The van der Waals surface area contributed by atoms with Crippen LogP contribution >= 0.6 is 0 Å². The van der Waals surface area contributed by atoms with Crippen LogP contribution in [0.3, 0.4) is 0 Å².